The molecule has 1 atom stereocenters. The molecule has 0 spiro atoms. The minimum absolute atomic E-state index is 0.0336. The molecule has 0 amide bonds. The summed E-state index contributed by atoms with van der Waals surface area (Å²) in [5, 5.41) is 0. The zero-order chi connectivity index (χ0) is 8.27. The minimum atomic E-state index is -1.51. The second-order valence-corrected chi connectivity index (χ2v) is 2.25. The molecule has 1 aliphatic carbocycles. The van der Waals surface area contributed by atoms with E-state index in [0.29, 0.717) is 6.61 Å². The van der Waals surface area contributed by atoms with Crippen molar-refractivity contribution < 1.29 is 13.5 Å². The van der Waals surface area contributed by atoms with Crippen LogP contribution in [-0.4, -0.2) is 12.8 Å². The number of hydrogen-bond acceptors (Lipinski definition) is 1. The van der Waals surface area contributed by atoms with E-state index in [9.17, 15) is 8.78 Å². The van der Waals surface area contributed by atoms with Gasteiger partial charge in [-0.15, -0.1) is 0 Å². The molecule has 0 heterocycles. The summed E-state index contributed by atoms with van der Waals surface area (Å²) in [6.45, 7) is 2.09. The molecule has 0 fully saturated rings. The SMILES string of the molecule is CCOC1=C(F)C(F)CC=C1. The molecule has 0 radical (unpaired) electrons. The fourth-order valence-corrected chi connectivity index (χ4v) is 0.905. The average molecular weight is 160 g/mol. The van der Waals surface area contributed by atoms with E-state index in [1.807, 2.05) is 0 Å². The first-order valence-electron chi connectivity index (χ1n) is 3.58. The average Bonchev–Trinajstić information content (AvgIpc) is 1.99. The Labute approximate surface area is 64.4 Å². The molecule has 0 N–H and O–H groups in total. The number of ether oxygens (including phenoxy) is 1. The standard InChI is InChI=1S/C8H10F2O/c1-2-11-7-5-3-4-6(9)8(7)10/h3,5-6H,2,4H2,1H3. The van der Waals surface area contributed by atoms with Crippen molar-refractivity contribution in [1.82, 2.24) is 0 Å². The highest BCUT2D eigenvalue weighted by molar-refractivity contribution is 5.23. The van der Waals surface area contributed by atoms with E-state index < -0.39 is 12.0 Å². The van der Waals surface area contributed by atoms with E-state index in [2.05, 4.69) is 0 Å². The van der Waals surface area contributed by atoms with Gasteiger partial charge >= 0.3 is 0 Å². The van der Waals surface area contributed by atoms with E-state index in [1.54, 1.807) is 13.0 Å². The van der Waals surface area contributed by atoms with Gasteiger partial charge in [-0.1, -0.05) is 6.08 Å². The molecule has 1 rings (SSSR count). The van der Waals surface area contributed by atoms with E-state index in [-0.39, 0.29) is 12.2 Å². The van der Waals surface area contributed by atoms with E-state index >= 15 is 0 Å². The maximum absolute atomic E-state index is 12.8. The molecule has 11 heavy (non-hydrogen) atoms. The molecule has 0 aliphatic heterocycles. The number of halogens is 2. The molecule has 0 aromatic carbocycles. The van der Waals surface area contributed by atoms with Gasteiger partial charge in [-0.3, -0.25) is 0 Å². The molecular weight excluding hydrogens is 150 g/mol. The Hall–Kier alpha value is -0.860. The van der Waals surface area contributed by atoms with Crippen LogP contribution in [0.2, 0.25) is 0 Å². The third-order valence-electron chi connectivity index (χ3n) is 1.42. The lowest BCUT2D eigenvalue weighted by molar-refractivity contribution is 0.208. The lowest BCUT2D eigenvalue weighted by Crippen LogP contribution is -2.07. The van der Waals surface area contributed by atoms with Crippen LogP contribution < -0.4 is 0 Å². The second kappa shape index (κ2) is 3.51. The summed E-state index contributed by atoms with van der Waals surface area (Å²) in [6.07, 6.45) is 1.64. The third-order valence-corrected chi connectivity index (χ3v) is 1.42. The first-order chi connectivity index (χ1) is 5.25. The van der Waals surface area contributed by atoms with Crippen molar-refractivity contribution in [2.45, 2.75) is 19.5 Å². The highest BCUT2D eigenvalue weighted by Crippen LogP contribution is 2.23. The van der Waals surface area contributed by atoms with Crippen LogP contribution in [0.4, 0.5) is 8.78 Å². The fraction of sp³-hybridized carbons (Fsp3) is 0.500. The van der Waals surface area contributed by atoms with Crippen LogP contribution in [0.25, 0.3) is 0 Å². The largest absolute Gasteiger partial charge is 0.491 e. The monoisotopic (exact) mass is 160 g/mol. The van der Waals surface area contributed by atoms with Gasteiger partial charge in [-0.2, -0.15) is 0 Å². The van der Waals surface area contributed by atoms with Crippen LogP contribution >= 0.6 is 0 Å². The Morgan fingerprint density at radius 2 is 2.45 bits per heavy atom. The van der Waals surface area contributed by atoms with E-state index in [0.717, 1.165) is 0 Å². The number of hydrogen-bond donors (Lipinski definition) is 0. The highest BCUT2D eigenvalue weighted by atomic mass is 19.2. The molecular formula is C8H10F2O. The summed E-state index contributed by atoms with van der Waals surface area (Å²) in [5.41, 5.74) is 0. The normalized spacial score (nSPS) is 24.1. The van der Waals surface area contributed by atoms with Gasteiger partial charge in [0, 0.05) is 6.42 Å². The minimum Gasteiger partial charge on any atom is -0.491 e. The molecule has 0 saturated heterocycles. The predicted molar refractivity (Wildman–Crippen MR) is 38.4 cm³/mol. The molecule has 0 aromatic rings. The lowest BCUT2D eigenvalue weighted by Gasteiger charge is -2.12. The Morgan fingerprint density at radius 1 is 1.73 bits per heavy atom. The van der Waals surface area contributed by atoms with Gasteiger partial charge in [-0.05, 0) is 13.0 Å². The van der Waals surface area contributed by atoms with Crippen molar-refractivity contribution in [1.29, 1.82) is 0 Å². The number of rotatable bonds is 2. The molecule has 3 heteroatoms. The van der Waals surface area contributed by atoms with Gasteiger partial charge in [0.1, 0.15) is 0 Å². The fourth-order valence-electron chi connectivity index (χ4n) is 0.905. The van der Waals surface area contributed by atoms with E-state index in [4.69, 9.17) is 4.74 Å². The molecule has 0 saturated carbocycles. The van der Waals surface area contributed by atoms with Gasteiger partial charge < -0.3 is 4.74 Å². The summed E-state index contributed by atoms with van der Waals surface area (Å²) in [6, 6.07) is 0. The summed E-state index contributed by atoms with van der Waals surface area (Å²) >= 11 is 0. The molecule has 0 bridgehead atoms. The van der Waals surface area contributed by atoms with Crippen molar-refractivity contribution in [3.63, 3.8) is 0 Å². The maximum Gasteiger partial charge on any atom is 0.176 e. The lowest BCUT2D eigenvalue weighted by atomic mass is 10.1. The zero-order valence-electron chi connectivity index (χ0n) is 6.31. The molecule has 1 nitrogen and oxygen atoms in total. The topological polar surface area (TPSA) is 9.23 Å². The predicted octanol–water partition coefficient (Wildman–Crippen LogP) is 2.50. The van der Waals surface area contributed by atoms with Gasteiger partial charge in [0.25, 0.3) is 0 Å². The van der Waals surface area contributed by atoms with Crippen LogP contribution in [-0.2, 0) is 4.74 Å². The Bertz CT molecular complexity index is 196. The van der Waals surface area contributed by atoms with Crippen molar-refractivity contribution in [2.75, 3.05) is 6.61 Å². The highest BCUT2D eigenvalue weighted by Gasteiger charge is 2.19. The summed E-state index contributed by atoms with van der Waals surface area (Å²) in [5.74, 6) is -0.749. The zero-order valence-corrected chi connectivity index (χ0v) is 6.31. The Kier molecular flexibility index (Phi) is 2.63. The van der Waals surface area contributed by atoms with Crippen molar-refractivity contribution in [2.24, 2.45) is 0 Å². The molecule has 62 valence electrons. The van der Waals surface area contributed by atoms with Gasteiger partial charge in [0.05, 0.1) is 6.61 Å². The van der Waals surface area contributed by atoms with Gasteiger partial charge in [0.2, 0.25) is 0 Å². The van der Waals surface area contributed by atoms with Crippen molar-refractivity contribution >= 4 is 0 Å². The first-order valence-corrected chi connectivity index (χ1v) is 3.58. The number of alkyl halides is 1. The first kappa shape index (κ1) is 8.24. The summed E-state index contributed by atoms with van der Waals surface area (Å²) < 4.78 is 30.2. The molecule has 1 unspecified atom stereocenters. The molecule has 0 aromatic heterocycles. The van der Waals surface area contributed by atoms with Crippen LogP contribution in [0.1, 0.15) is 13.3 Å². The van der Waals surface area contributed by atoms with E-state index in [1.165, 1.54) is 6.08 Å². The maximum atomic E-state index is 12.8. The Morgan fingerprint density at radius 3 is 3.09 bits per heavy atom. The number of allylic oxidation sites excluding steroid dienone is 3. The van der Waals surface area contributed by atoms with Crippen LogP contribution in [0.15, 0.2) is 23.7 Å². The van der Waals surface area contributed by atoms with Crippen LogP contribution in [0.3, 0.4) is 0 Å². The third kappa shape index (κ3) is 1.79. The summed E-state index contributed by atoms with van der Waals surface area (Å²) in [4.78, 5) is 0. The molecule has 1 aliphatic rings. The smallest absolute Gasteiger partial charge is 0.176 e. The van der Waals surface area contributed by atoms with Crippen LogP contribution in [0.5, 0.6) is 0 Å². The van der Waals surface area contributed by atoms with Crippen molar-refractivity contribution in [3.8, 4) is 0 Å². The Balaban J connectivity index is 2.72. The van der Waals surface area contributed by atoms with Gasteiger partial charge in [-0.25, -0.2) is 8.78 Å². The second-order valence-electron chi connectivity index (χ2n) is 2.25. The summed E-state index contributed by atoms with van der Waals surface area (Å²) in [7, 11) is 0. The van der Waals surface area contributed by atoms with Crippen molar-refractivity contribution in [3.05, 3.63) is 23.7 Å². The van der Waals surface area contributed by atoms with Gasteiger partial charge in [0.15, 0.2) is 17.8 Å². The quantitative estimate of drug-likeness (QED) is 0.603. The van der Waals surface area contributed by atoms with Crippen LogP contribution in [0, 0.1) is 0 Å².